The summed E-state index contributed by atoms with van der Waals surface area (Å²) < 4.78 is 29.5. The smallest absolute Gasteiger partial charge is 0.293 e. The zero-order chi connectivity index (χ0) is 21.4. The van der Waals surface area contributed by atoms with Gasteiger partial charge in [-0.3, -0.25) is 9.36 Å². The van der Waals surface area contributed by atoms with E-state index in [0.717, 1.165) is 26.8 Å². The van der Waals surface area contributed by atoms with E-state index in [-0.39, 0.29) is 16.1 Å². The number of nitrogens with zero attached hydrogens (tertiary/aromatic N) is 2. The third-order valence-corrected chi connectivity index (χ3v) is 4.93. The van der Waals surface area contributed by atoms with E-state index < -0.39 is 28.4 Å². The van der Waals surface area contributed by atoms with Crippen molar-refractivity contribution in [1.82, 2.24) is 9.13 Å². The number of hydrogen-bond donors (Lipinski definition) is 0. The van der Waals surface area contributed by atoms with Crippen molar-refractivity contribution in [2.75, 3.05) is 0 Å². The molecular weight excluding hydrogens is 410 g/mol. The molecule has 1 heterocycles. The van der Waals surface area contributed by atoms with E-state index in [0.29, 0.717) is 5.56 Å². The Morgan fingerprint density at radius 3 is 2.30 bits per heavy atom. The summed E-state index contributed by atoms with van der Waals surface area (Å²) in [7, 11) is 1.26. The molecule has 148 valence electrons. The molecule has 30 heavy (non-hydrogen) atoms. The van der Waals surface area contributed by atoms with Crippen LogP contribution in [0.15, 0.2) is 70.3 Å². The molecule has 0 aliphatic rings. The normalized spacial score (nSPS) is 10.7. The first-order valence-electron chi connectivity index (χ1n) is 8.85. The van der Waals surface area contributed by atoms with Gasteiger partial charge in [0.1, 0.15) is 0 Å². The van der Waals surface area contributed by atoms with Crippen LogP contribution < -0.4 is 11.2 Å². The molecule has 0 spiro atoms. The molecule has 0 N–H and O–H groups in total. The molecular formula is C23H13ClF2N2O2. The standard InChI is InChI=1S/C23H13ClF2N2O2/c1-27-21-16(10-11-18(25)20(21)26)22(29)28(23(27)30)19-12-9-15(13-17(19)24)8-7-14-5-3-2-4-6-14/h2-6,9-13H,1H3. The van der Waals surface area contributed by atoms with Crippen molar-refractivity contribution in [1.29, 1.82) is 0 Å². The van der Waals surface area contributed by atoms with Crippen LogP contribution in [0, 0.1) is 23.5 Å². The average Bonchev–Trinajstić information content (AvgIpc) is 2.74. The summed E-state index contributed by atoms with van der Waals surface area (Å²) in [4.78, 5) is 25.7. The van der Waals surface area contributed by atoms with Crippen molar-refractivity contribution >= 4 is 22.5 Å². The van der Waals surface area contributed by atoms with Gasteiger partial charge in [0, 0.05) is 18.2 Å². The molecule has 0 amide bonds. The third-order valence-electron chi connectivity index (χ3n) is 4.63. The Morgan fingerprint density at radius 2 is 1.60 bits per heavy atom. The van der Waals surface area contributed by atoms with Crippen LogP contribution in [-0.4, -0.2) is 9.13 Å². The molecule has 0 bridgehead atoms. The van der Waals surface area contributed by atoms with Crippen LogP contribution in [-0.2, 0) is 7.05 Å². The molecule has 1 aromatic heterocycles. The molecule has 0 saturated carbocycles. The fourth-order valence-corrected chi connectivity index (χ4v) is 3.40. The lowest BCUT2D eigenvalue weighted by molar-refractivity contribution is 0.511. The second-order valence-electron chi connectivity index (χ2n) is 6.52. The Bertz CT molecular complexity index is 1480. The van der Waals surface area contributed by atoms with Gasteiger partial charge in [0.2, 0.25) is 0 Å². The van der Waals surface area contributed by atoms with Gasteiger partial charge in [-0.15, -0.1) is 0 Å². The Balaban J connectivity index is 1.88. The number of aryl methyl sites for hydroxylation is 1. The van der Waals surface area contributed by atoms with Gasteiger partial charge in [-0.25, -0.2) is 18.1 Å². The number of fused-ring (bicyclic) bond motifs is 1. The third kappa shape index (κ3) is 3.30. The van der Waals surface area contributed by atoms with E-state index >= 15 is 0 Å². The summed E-state index contributed by atoms with van der Waals surface area (Å²) in [5.41, 5.74) is -0.501. The van der Waals surface area contributed by atoms with Gasteiger partial charge in [0.25, 0.3) is 5.56 Å². The highest BCUT2D eigenvalue weighted by Crippen LogP contribution is 2.21. The monoisotopic (exact) mass is 422 g/mol. The molecule has 0 unspecified atom stereocenters. The largest absolute Gasteiger partial charge is 0.336 e. The first-order chi connectivity index (χ1) is 14.4. The molecule has 0 saturated heterocycles. The minimum atomic E-state index is -1.26. The second kappa shape index (κ2) is 7.62. The highest BCUT2D eigenvalue weighted by Gasteiger charge is 2.19. The van der Waals surface area contributed by atoms with Crippen molar-refractivity contribution in [3.8, 4) is 17.5 Å². The molecule has 4 aromatic rings. The van der Waals surface area contributed by atoms with Gasteiger partial charge in [-0.05, 0) is 42.5 Å². The number of rotatable bonds is 1. The van der Waals surface area contributed by atoms with Gasteiger partial charge in [0.15, 0.2) is 11.6 Å². The number of halogens is 3. The van der Waals surface area contributed by atoms with Crippen molar-refractivity contribution in [2.45, 2.75) is 0 Å². The molecule has 0 aliphatic heterocycles. The van der Waals surface area contributed by atoms with Crippen LogP contribution in [0.5, 0.6) is 0 Å². The lowest BCUT2D eigenvalue weighted by Gasteiger charge is -2.12. The zero-order valence-corrected chi connectivity index (χ0v) is 16.4. The molecule has 0 fully saturated rings. The molecule has 4 nitrogen and oxygen atoms in total. The predicted molar refractivity (Wildman–Crippen MR) is 112 cm³/mol. The predicted octanol–water partition coefficient (Wildman–Crippen LogP) is 4.02. The minimum absolute atomic E-state index is 0.121. The lowest BCUT2D eigenvalue weighted by atomic mass is 10.1. The van der Waals surface area contributed by atoms with E-state index in [1.807, 2.05) is 30.3 Å². The van der Waals surface area contributed by atoms with Crippen molar-refractivity contribution in [3.05, 3.63) is 109 Å². The van der Waals surface area contributed by atoms with Crippen LogP contribution in [0.3, 0.4) is 0 Å². The number of hydrogen-bond acceptors (Lipinski definition) is 2. The van der Waals surface area contributed by atoms with Crippen molar-refractivity contribution in [2.24, 2.45) is 7.05 Å². The maximum atomic E-state index is 14.2. The molecule has 4 rings (SSSR count). The molecule has 0 aliphatic carbocycles. The van der Waals surface area contributed by atoms with Gasteiger partial charge in [-0.1, -0.05) is 41.6 Å². The maximum Gasteiger partial charge on any atom is 0.336 e. The number of aromatic nitrogens is 2. The van der Waals surface area contributed by atoms with E-state index in [4.69, 9.17) is 11.6 Å². The fourth-order valence-electron chi connectivity index (χ4n) is 3.14. The van der Waals surface area contributed by atoms with E-state index in [1.54, 1.807) is 6.07 Å². The van der Waals surface area contributed by atoms with Gasteiger partial charge >= 0.3 is 5.69 Å². The summed E-state index contributed by atoms with van der Waals surface area (Å²) in [5, 5.41) is -0.0176. The summed E-state index contributed by atoms with van der Waals surface area (Å²) in [6.07, 6.45) is 0. The zero-order valence-electron chi connectivity index (χ0n) is 15.6. The van der Waals surface area contributed by atoms with Crippen LogP contribution in [0.25, 0.3) is 16.6 Å². The van der Waals surface area contributed by atoms with E-state index in [1.165, 1.54) is 19.2 Å². The highest BCUT2D eigenvalue weighted by molar-refractivity contribution is 6.32. The summed E-state index contributed by atoms with van der Waals surface area (Å²) in [6.45, 7) is 0. The summed E-state index contributed by atoms with van der Waals surface area (Å²) in [5.74, 6) is 3.56. The topological polar surface area (TPSA) is 44.0 Å². The van der Waals surface area contributed by atoms with Crippen LogP contribution in [0.1, 0.15) is 11.1 Å². The van der Waals surface area contributed by atoms with E-state index in [2.05, 4.69) is 11.8 Å². The Hall–Kier alpha value is -3.69. The van der Waals surface area contributed by atoms with Crippen LogP contribution >= 0.6 is 11.6 Å². The number of benzene rings is 3. The second-order valence-corrected chi connectivity index (χ2v) is 6.93. The van der Waals surface area contributed by atoms with Crippen LogP contribution in [0.2, 0.25) is 5.02 Å². The average molecular weight is 423 g/mol. The Labute approximate surface area is 174 Å². The van der Waals surface area contributed by atoms with E-state index in [9.17, 15) is 18.4 Å². The molecule has 0 atom stereocenters. The van der Waals surface area contributed by atoms with Crippen LogP contribution in [0.4, 0.5) is 8.78 Å². The van der Waals surface area contributed by atoms with Crippen molar-refractivity contribution in [3.63, 3.8) is 0 Å². The molecule has 0 radical (unpaired) electrons. The quantitative estimate of drug-likeness (QED) is 0.435. The Kier molecular flexibility index (Phi) is 4.98. The minimum Gasteiger partial charge on any atom is -0.293 e. The summed E-state index contributed by atoms with van der Waals surface area (Å²) >= 11 is 6.34. The fraction of sp³-hybridized carbons (Fsp3) is 0.0435. The first-order valence-corrected chi connectivity index (χ1v) is 9.23. The summed E-state index contributed by atoms with van der Waals surface area (Å²) in [6, 6.07) is 16.0. The van der Waals surface area contributed by atoms with Gasteiger partial charge in [0.05, 0.1) is 21.6 Å². The molecule has 3 aromatic carbocycles. The SMILES string of the molecule is Cn1c(=O)n(-c2ccc(C#Cc3ccccc3)cc2Cl)c(=O)c2ccc(F)c(F)c21. The Morgan fingerprint density at radius 1 is 0.900 bits per heavy atom. The van der Waals surface area contributed by atoms with Gasteiger partial charge in [-0.2, -0.15) is 0 Å². The first kappa shape index (κ1) is 19.6. The lowest BCUT2D eigenvalue weighted by Crippen LogP contribution is -2.38. The van der Waals surface area contributed by atoms with Crippen molar-refractivity contribution < 1.29 is 8.78 Å². The maximum absolute atomic E-state index is 14.2. The molecule has 7 heteroatoms. The van der Waals surface area contributed by atoms with Gasteiger partial charge < -0.3 is 0 Å². The highest BCUT2D eigenvalue weighted by atomic mass is 35.5.